The third-order valence-electron chi connectivity index (χ3n) is 2.87. The highest BCUT2D eigenvalue weighted by Gasteiger charge is 2.30. The van der Waals surface area contributed by atoms with E-state index in [1.54, 1.807) is 18.2 Å². The van der Waals surface area contributed by atoms with Gasteiger partial charge in [0.05, 0.1) is 6.54 Å². The molecule has 0 saturated heterocycles. The molecule has 2 rings (SSSR count). The van der Waals surface area contributed by atoms with Crippen LogP contribution in [-0.4, -0.2) is 48.4 Å². The van der Waals surface area contributed by atoms with Gasteiger partial charge in [-0.25, -0.2) is 14.3 Å². The van der Waals surface area contributed by atoms with E-state index in [-0.39, 0.29) is 6.54 Å². The van der Waals surface area contributed by atoms with Gasteiger partial charge in [-0.3, -0.25) is 9.20 Å². The van der Waals surface area contributed by atoms with Crippen molar-refractivity contribution in [3.63, 3.8) is 0 Å². The first kappa shape index (κ1) is 14.7. The fraction of sp³-hybridized carbons (Fsp3) is 0.333. The molecule has 1 amide bonds. The number of nitrogens with one attached hydrogen (secondary N) is 1. The normalized spacial score (nSPS) is 13.8. The molecule has 0 aliphatic heterocycles. The highest BCUT2D eigenvalue weighted by molar-refractivity contribution is 5.80. The first-order valence-corrected chi connectivity index (χ1v) is 6.08. The van der Waals surface area contributed by atoms with Crippen molar-refractivity contribution in [2.24, 2.45) is 0 Å². The second-order valence-corrected chi connectivity index (χ2v) is 4.72. The summed E-state index contributed by atoms with van der Waals surface area (Å²) in [5.41, 5.74) is -2.15. The number of carboxylic acid groups (broad SMARTS) is 1. The number of hydrogen-bond acceptors (Lipinski definition) is 5. The van der Waals surface area contributed by atoms with E-state index in [2.05, 4.69) is 10.4 Å². The number of carbonyl (C=O) groups is 2. The van der Waals surface area contributed by atoms with Crippen LogP contribution in [0.2, 0.25) is 0 Å². The van der Waals surface area contributed by atoms with E-state index >= 15 is 0 Å². The standard InChI is InChI=1S/C12H14N4O5/c1-12(21,10(18)19)7-13-9(17)6-16-11(20)15-5-3-2-4-8(15)14-16/h2-5,21H,6-7H2,1H3,(H,13,17)(H,18,19). The molecule has 0 radical (unpaired) electrons. The fourth-order valence-corrected chi connectivity index (χ4v) is 1.61. The van der Waals surface area contributed by atoms with Gasteiger partial charge in [0.1, 0.15) is 6.54 Å². The molecule has 2 aromatic rings. The van der Waals surface area contributed by atoms with Gasteiger partial charge in [-0.1, -0.05) is 6.07 Å². The van der Waals surface area contributed by atoms with Crippen molar-refractivity contribution < 1.29 is 19.8 Å². The Morgan fingerprint density at radius 2 is 2.14 bits per heavy atom. The van der Waals surface area contributed by atoms with Crippen molar-refractivity contribution >= 4 is 17.5 Å². The number of aliphatic hydroxyl groups is 1. The number of aliphatic carboxylic acids is 1. The van der Waals surface area contributed by atoms with Crippen LogP contribution in [0.4, 0.5) is 0 Å². The van der Waals surface area contributed by atoms with Crippen LogP contribution in [0.15, 0.2) is 29.2 Å². The van der Waals surface area contributed by atoms with E-state index in [1.807, 2.05) is 0 Å². The molecule has 0 spiro atoms. The van der Waals surface area contributed by atoms with Gasteiger partial charge in [0.25, 0.3) is 0 Å². The number of pyridine rings is 1. The second kappa shape index (κ2) is 5.37. The molecular formula is C12H14N4O5. The third kappa shape index (κ3) is 3.08. The number of amides is 1. The number of carbonyl (C=O) groups excluding carboxylic acids is 1. The molecule has 0 fully saturated rings. The van der Waals surface area contributed by atoms with Gasteiger partial charge in [0, 0.05) is 6.20 Å². The summed E-state index contributed by atoms with van der Waals surface area (Å²) >= 11 is 0. The van der Waals surface area contributed by atoms with E-state index in [0.29, 0.717) is 5.65 Å². The highest BCUT2D eigenvalue weighted by atomic mass is 16.4. The van der Waals surface area contributed by atoms with Crippen LogP contribution in [-0.2, 0) is 16.1 Å². The quantitative estimate of drug-likeness (QED) is 0.613. The Kier molecular flexibility index (Phi) is 3.76. The first-order valence-electron chi connectivity index (χ1n) is 6.08. The van der Waals surface area contributed by atoms with Gasteiger partial charge in [-0.2, -0.15) is 0 Å². The minimum Gasteiger partial charge on any atom is -0.479 e. The van der Waals surface area contributed by atoms with Crippen molar-refractivity contribution in [1.29, 1.82) is 0 Å². The second-order valence-electron chi connectivity index (χ2n) is 4.72. The maximum atomic E-state index is 11.9. The van der Waals surface area contributed by atoms with Crippen molar-refractivity contribution in [2.45, 2.75) is 19.1 Å². The van der Waals surface area contributed by atoms with E-state index in [1.165, 1.54) is 10.6 Å². The number of fused-ring (bicyclic) bond motifs is 1. The largest absolute Gasteiger partial charge is 0.479 e. The minimum absolute atomic E-state index is 0.365. The van der Waals surface area contributed by atoms with Gasteiger partial charge in [-0.15, -0.1) is 5.10 Å². The SMILES string of the molecule is CC(O)(CNC(=O)Cn1nc2ccccn2c1=O)C(=O)O. The minimum atomic E-state index is -2.07. The van der Waals surface area contributed by atoms with Crippen molar-refractivity contribution in [1.82, 2.24) is 19.5 Å². The first-order chi connectivity index (χ1) is 9.81. The Morgan fingerprint density at radius 3 is 2.76 bits per heavy atom. The highest BCUT2D eigenvalue weighted by Crippen LogP contribution is 2.00. The molecule has 0 bridgehead atoms. The molecule has 2 aromatic heterocycles. The molecule has 21 heavy (non-hydrogen) atoms. The average molecular weight is 294 g/mol. The summed E-state index contributed by atoms with van der Waals surface area (Å²) in [6.45, 7) is 0.228. The summed E-state index contributed by atoms with van der Waals surface area (Å²) in [7, 11) is 0. The lowest BCUT2D eigenvalue weighted by Crippen LogP contribution is -2.47. The average Bonchev–Trinajstić information content (AvgIpc) is 2.74. The van der Waals surface area contributed by atoms with Gasteiger partial charge >= 0.3 is 11.7 Å². The molecule has 0 aliphatic rings. The Bertz CT molecular complexity index is 745. The molecule has 112 valence electrons. The van der Waals surface area contributed by atoms with Crippen LogP contribution in [0.1, 0.15) is 6.92 Å². The molecular weight excluding hydrogens is 280 g/mol. The lowest BCUT2D eigenvalue weighted by Gasteiger charge is -2.18. The van der Waals surface area contributed by atoms with Crippen LogP contribution >= 0.6 is 0 Å². The van der Waals surface area contributed by atoms with Crippen LogP contribution in [0, 0.1) is 0 Å². The predicted octanol–water partition coefficient (Wildman–Crippen LogP) is -1.55. The van der Waals surface area contributed by atoms with Crippen molar-refractivity contribution in [3.05, 3.63) is 34.9 Å². The summed E-state index contributed by atoms with van der Waals surface area (Å²) in [5.74, 6) is -2.07. The maximum Gasteiger partial charge on any atom is 0.350 e. The molecule has 1 atom stereocenters. The maximum absolute atomic E-state index is 11.9. The van der Waals surface area contributed by atoms with Crippen LogP contribution in [0.25, 0.3) is 5.65 Å². The zero-order valence-corrected chi connectivity index (χ0v) is 11.2. The summed E-state index contributed by atoms with van der Waals surface area (Å²) < 4.78 is 2.24. The fourth-order valence-electron chi connectivity index (χ4n) is 1.61. The third-order valence-corrected chi connectivity index (χ3v) is 2.87. The topological polar surface area (TPSA) is 126 Å². The van der Waals surface area contributed by atoms with Crippen LogP contribution < -0.4 is 11.0 Å². The Morgan fingerprint density at radius 1 is 1.43 bits per heavy atom. The smallest absolute Gasteiger partial charge is 0.350 e. The molecule has 2 heterocycles. The number of aromatic nitrogens is 3. The molecule has 0 aromatic carbocycles. The molecule has 0 saturated carbocycles. The monoisotopic (exact) mass is 294 g/mol. The summed E-state index contributed by atoms with van der Waals surface area (Å²) in [6, 6.07) is 4.98. The Labute approximate surface area is 118 Å². The van der Waals surface area contributed by atoms with Crippen molar-refractivity contribution in [2.75, 3.05) is 6.54 Å². The molecule has 9 nitrogen and oxygen atoms in total. The van der Waals surface area contributed by atoms with Gasteiger partial charge in [0.15, 0.2) is 11.2 Å². The zero-order chi connectivity index (χ0) is 15.6. The van der Waals surface area contributed by atoms with E-state index in [9.17, 15) is 19.5 Å². The van der Waals surface area contributed by atoms with Gasteiger partial charge < -0.3 is 15.5 Å². The van der Waals surface area contributed by atoms with Crippen LogP contribution in [0.5, 0.6) is 0 Å². The molecule has 9 heteroatoms. The molecule has 0 aliphatic carbocycles. The van der Waals surface area contributed by atoms with Gasteiger partial charge in [0.2, 0.25) is 5.91 Å². The number of carboxylic acids is 1. The Balaban J connectivity index is 2.07. The summed E-state index contributed by atoms with van der Waals surface area (Å²) in [5, 5.41) is 24.4. The lowest BCUT2D eigenvalue weighted by molar-refractivity contribution is -0.156. The number of hydrogen-bond donors (Lipinski definition) is 3. The van der Waals surface area contributed by atoms with E-state index in [4.69, 9.17) is 5.11 Å². The molecule has 3 N–H and O–H groups in total. The van der Waals surface area contributed by atoms with E-state index < -0.39 is 29.7 Å². The van der Waals surface area contributed by atoms with E-state index in [0.717, 1.165) is 11.6 Å². The zero-order valence-electron chi connectivity index (χ0n) is 11.2. The predicted molar refractivity (Wildman–Crippen MR) is 70.7 cm³/mol. The number of nitrogens with zero attached hydrogens (tertiary/aromatic N) is 3. The summed E-state index contributed by atoms with van der Waals surface area (Å²) in [6.07, 6.45) is 1.52. The Hall–Kier alpha value is -2.68. The van der Waals surface area contributed by atoms with Gasteiger partial charge in [-0.05, 0) is 19.1 Å². The lowest BCUT2D eigenvalue weighted by atomic mass is 10.1. The molecule has 1 unspecified atom stereocenters. The number of rotatable bonds is 5. The van der Waals surface area contributed by atoms with Crippen LogP contribution in [0.3, 0.4) is 0 Å². The van der Waals surface area contributed by atoms with Crippen molar-refractivity contribution in [3.8, 4) is 0 Å². The summed E-state index contributed by atoms with van der Waals surface area (Å²) in [4.78, 5) is 34.3.